The first-order chi connectivity index (χ1) is 11.8. The molecule has 0 saturated heterocycles. The van der Waals surface area contributed by atoms with Gasteiger partial charge >= 0.3 is 0 Å². The summed E-state index contributed by atoms with van der Waals surface area (Å²) in [5.74, 6) is -1.74. The molecule has 0 N–H and O–H groups in total. The number of amides is 1. The number of anilines is 1. The van der Waals surface area contributed by atoms with E-state index < -0.39 is 11.6 Å². The zero-order chi connectivity index (χ0) is 18.1. The number of nitrogens with zero attached hydrogens (tertiary/aromatic N) is 5. The summed E-state index contributed by atoms with van der Waals surface area (Å²) in [4.78, 5) is 20.4. The second-order valence-corrected chi connectivity index (χ2v) is 6.87. The molecule has 2 heterocycles. The van der Waals surface area contributed by atoms with Crippen molar-refractivity contribution >= 4 is 45.0 Å². The average molecular weight is 402 g/mol. The van der Waals surface area contributed by atoms with Crippen LogP contribution in [-0.2, 0) is 7.05 Å². The van der Waals surface area contributed by atoms with E-state index in [1.165, 1.54) is 15.6 Å². The van der Waals surface area contributed by atoms with Crippen molar-refractivity contribution in [1.82, 2.24) is 19.7 Å². The Hall–Kier alpha value is -2.10. The normalized spacial score (nSPS) is 11.0. The molecule has 1 amide bonds. The van der Waals surface area contributed by atoms with Crippen molar-refractivity contribution in [3.05, 3.63) is 41.7 Å². The number of fused-ring (bicyclic) bond motifs is 1. The highest BCUT2D eigenvalue weighted by molar-refractivity contribution is 7.22. The van der Waals surface area contributed by atoms with Gasteiger partial charge in [0.05, 0.1) is 4.70 Å². The van der Waals surface area contributed by atoms with Gasteiger partial charge in [0, 0.05) is 32.4 Å². The van der Waals surface area contributed by atoms with E-state index >= 15 is 0 Å². The van der Waals surface area contributed by atoms with Crippen molar-refractivity contribution in [3.63, 3.8) is 0 Å². The van der Waals surface area contributed by atoms with Crippen molar-refractivity contribution in [2.75, 3.05) is 32.1 Å². The average Bonchev–Trinajstić information content (AvgIpc) is 3.13. The molecule has 0 aliphatic carbocycles. The van der Waals surface area contributed by atoms with Crippen LogP contribution in [0.25, 0.3) is 10.2 Å². The predicted molar refractivity (Wildman–Crippen MR) is 100 cm³/mol. The second kappa shape index (κ2) is 8.07. The van der Waals surface area contributed by atoms with Gasteiger partial charge in [0.15, 0.2) is 16.6 Å². The van der Waals surface area contributed by atoms with Gasteiger partial charge in [0.1, 0.15) is 11.3 Å². The van der Waals surface area contributed by atoms with E-state index in [1.54, 1.807) is 19.3 Å². The molecular formula is C16H18ClF2N5OS. The first kappa shape index (κ1) is 20.2. The molecule has 0 aliphatic rings. The first-order valence-corrected chi connectivity index (χ1v) is 8.38. The lowest BCUT2D eigenvalue weighted by Crippen LogP contribution is -2.37. The zero-order valence-electron chi connectivity index (χ0n) is 14.4. The number of thiazole rings is 1. The highest BCUT2D eigenvalue weighted by atomic mass is 35.5. The zero-order valence-corrected chi connectivity index (χ0v) is 16.1. The summed E-state index contributed by atoms with van der Waals surface area (Å²) in [5, 5.41) is 4.44. The summed E-state index contributed by atoms with van der Waals surface area (Å²) in [6.45, 7) is 0.942. The molecule has 2 aromatic heterocycles. The SMILES string of the molecule is CN(C)CCN(C(=O)c1ccn(C)n1)c1nc2c(F)cc(F)cc2s1.Cl. The maximum atomic E-state index is 13.9. The van der Waals surface area contributed by atoms with Crippen LogP contribution in [-0.4, -0.2) is 52.8 Å². The molecule has 0 radical (unpaired) electrons. The van der Waals surface area contributed by atoms with Crippen LogP contribution in [0.2, 0.25) is 0 Å². The van der Waals surface area contributed by atoms with E-state index in [2.05, 4.69) is 10.1 Å². The molecular weight excluding hydrogens is 384 g/mol. The van der Waals surface area contributed by atoms with Gasteiger partial charge in [0.2, 0.25) is 0 Å². The number of carbonyl (C=O) groups is 1. The molecule has 3 aromatic rings. The van der Waals surface area contributed by atoms with Gasteiger partial charge < -0.3 is 4.90 Å². The number of carbonyl (C=O) groups excluding carboxylic acids is 1. The lowest BCUT2D eigenvalue weighted by Gasteiger charge is -2.21. The Labute approximate surface area is 159 Å². The van der Waals surface area contributed by atoms with Crippen molar-refractivity contribution in [2.45, 2.75) is 0 Å². The minimum Gasteiger partial charge on any atom is -0.308 e. The van der Waals surface area contributed by atoms with Gasteiger partial charge in [-0.2, -0.15) is 5.10 Å². The molecule has 0 aliphatic heterocycles. The first-order valence-electron chi connectivity index (χ1n) is 7.57. The Balaban J connectivity index is 0.00000243. The highest BCUT2D eigenvalue weighted by Crippen LogP contribution is 2.31. The second-order valence-electron chi connectivity index (χ2n) is 5.87. The Kier molecular flexibility index (Phi) is 6.27. The van der Waals surface area contributed by atoms with Crippen LogP contribution < -0.4 is 4.90 Å². The Morgan fingerprint density at radius 2 is 2.00 bits per heavy atom. The van der Waals surface area contributed by atoms with Gasteiger partial charge in [-0.15, -0.1) is 12.4 Å². The van der Waals surface area contributed by atoms with Crippen molar-refractivity contribution in [3.8, 4) is 0 Å². The van der Waals surface area contributed by atoms with Crippen LogP contribution in [0.1, 0.15) is 10.5 Å². The van der Waals surface area contributed by atoms with E-state index in [0.29, 0.717) is 22.9 Å². The fraction of sp³-hybridized carbons (Fsp3) is 0.312. The van der Waals surface area contributed by atoms with E-state index in [9.17, 15) is 13.6 Å². The molecule has 0 fully saturated rings. The van der Waals surface area contributed by atoms with Crippen LogP contribution in [0.4, 0.5) is 13.9 Å². The topological polar surface area (TPSA) is 54.3 Å². The fourth-order valence-corrected chi connectivity index (χ4v) is 3.34. The third kappa shape index (κ3) is 4.17. The molecule has 0 atom stereocenters. The molecule has 10 heteroatoms. The van der Waals surface area contributed by atoms with E-state index in [0.717, 1.165) is 17.4 Å². The molecule has 0 spiro atoms. The highest BCUT2D eigenvalue weighted by Gasteiger charge is 2.24. The predicted octanol–water partition coefficient (Wildman–Crippen LogP) is 2.94. The number of halogens is 3. The standard InChI is InChI=1S/C16H17F2N5OS.ClH/c1-21(2)6-7-23(15(24)12-4-5-22(3)20-12)16-19-14-11(18)8-10(17)9-13(14)25-16;/h4-5,8-9H,6-7H2,1-3H3;1H. The smallest absolute Gasteiger partial charge is 0.280 e. The van der Waals surface area contributed by atoms with Crippen LogP contribution in [0.3, 0.4) is 0 Å². The molecule has 1 aromatic carbocycles. The monoisotopic (exact) mass is 401 g/mol. The summed E-state index contributed by atoms with van der Waals surface area (Å²) >= 11 is 1.08. The van der Waals surface area contributed by atoms with Gasteiger partial charge in [-0.3, -0.25) is 14.4 Å². The molecule has 0 bridgehead atoms. The third-order valence-corrected chi connectivity index (χ3v) is 4.61. The molecule has 3 rings (SSSR count). The number of aromatic nitrogens is 3. The van der Waals surface area contributed by atoms with Crippen LogP contribution in [0.15, 0.2) is 24.4 Å². The van der Waals surface area contributed by atoms with E-state index in [-0.39, 0.29) is 29.5 Å². The lowest BCUT2D eigenvalue weighted by atomic mass is 10.3. The molecule has 0 saturated carbocycles. The molecule has 6 nitrogen and oxygen atoms in total. The fourth-order valence-electron chi connectivity index (χ4n) is 2.31. The number of hydrogen-bond donors (Lipinski definition) is 0. The summed E-state index contributed by atoms with van der Waals surface area (Å²) in [6, 6.07) is 3.62. The third-order valence-electron chi connectivity index (χ3n) is 3.58. The van der Waals surface area contributed by atoms with Crippen LogP contribution in [0.5, 0.6) is 0 Å². The van der Waals surface area contributed by atoms with Crippen molar-refractivity contribution < 1.29 is 13.6 Å². The van der Waals surface area contributed by atoms with E-state index in [4.69, 9.17) is 0 Å². The van der Waals surface area contributed by atoms with E-state index in [1.807, 2.05) is 19.0 Å². The summed E-state index contributed by atoms with van der Waals surface area (Å²) in [7, 11) is 5.49. The number of aryl methyl sites for hydroxylation is 1. The number of likely N-dealkylation sites (N-methyl/N-ethyl adjacent to an activating group) is 1. The van der Waals surface area contributed by atoms with Crippen molar-refractivity contribution in [1.29, 1.82) is 0 Å². The van der Waals surface area contributed by atoms with Gasteiger partial charge in [-0.05, 0) is 26.2 Å². The minimum absolute atomic E-state index is 0. The van der Waals surface area contributed by atoms with Gasteiger partial charge in [0.25, 0.3) is 5.91 Å². The number of benzene rings is 1. The lowest BCUT2D eigenvalue weighted by molar-refractivity contribution is 0.0979. The van der Waals surface area contributed by atoms with Gasteiger partial charge in [-0.1, -0.05) is 11.3 Å². The van der Waals surface area contributed by atoms with Crippen LogP contribution >= 0.6 is 23.7 Å². The maximum absolute atomic E-state index is 13.9. The summed E-state index contributed by atoms with van der Waals surface area (Å²) in [5.41, 5.74) is 0.331. The quantitative estimate of drug-likeness (QED) is 0.659. The Bertz CT molecular complexity index is 927. The summed E-state index contributed by atoms with van der Waals surface area (Å²) < 4.78 is 29.3. The van der Waals surface area contributed by atoms with Crippen LogP contribution in [0, 0.1) is 11.6 Å². The molecule has 26 heavy (non-hydrogen) atoms. The number of rotatable bonds is 5. The largest absolute Gasteiger partial charge is 0.308 e. The minimum atomic E-state index is -0.740. The number of hydrogen-bond acceptors (Lipinski definition) is 5. The Morgan fingerprint density at radius 1 is 1.27 bits per heavy atom. The van der Waals surface area contributed by atoms with Gasteiger partial charge in [-0.25, -0.2) is 13.8 Å². The van der Waals surface area contributed by atoms with Crippen molar-refractivity contribution in [2.24, 2.45) is 7.05 Å². The Morgan fingerprint density at radius 3 is 2.62 bits per heavy atom. The molecule has 140 valence electrons. The maximum Gasteiger partial charge on any atom is 0.280 e. The molecule has 0 unspecified atom stereocenters. The summed E-state index contributed by atoms with van der Waals surface area (Å²) in [6.07, 6.45) is 1.67.